The average Bonchev–Trinajstić information content (AvgIpc) is 2.20. The smallest absolute Gasteiger partial charge is 0.118 e. The highest BCUT2D eigenvalue weighted by molar-refractivity contribution is 5.37. The van der Waals surface area contributed by atoms with Gasteiger partial charge in [0.2, 0.25) is 0 Å². The number of benzene rings is 1. The summed E-state index contributed by atoms with van der Waals surface area (Å²) in [7, 11) is 0. The van der Waals surface area contributed by atoms with Gasteiger partial charge in [0.1, 0.15) is 5.75 Å². The standard InChI is InChI=1S/C13H20O/c1-4-6-12-9-11(10(3)5-2)7-8-13(12)14/h7-10,14H,4-6H2,1-3H3. The number of hydrogen-bond acceptors (Lipinski definition) is 1. The van der Waals surface area contributed by atoms with Gasteiger partial charge in [-0.2, -0.15) is 0 Å². The number of phenolic OH excluding ortho intramolecular Hbond substituents is 1. The number of aryl methyl sites for hydroxylation is 1. The van der Waals surface area contributed by atoms with Crippen molar-refractivity contribution in [3.05, 3.63) is 29.3 Å². The quantitative estimate of drug-likeness (QED) is 0.768. The van der Waals surface area contributed by atoms with Crippen molar-refractivity contribution in [1.82, 2.24) is 0 Å². The minimum absolute atomic E-state index is 0.443. The third-order valence-electron chi connectivity index (χ3n) is 2.80. The fourth-order valence-electron chi connectivity index (χ4n) is 1.62. The van der Waals surface area contributed by atoms with Crippen LogP contribution in [0.5, 0.6) is 5.75 Å². The molecule has 1 unspecified atom stereocenters. The topological polar surface area (TPSA) is 20.2 Å². The lowest BCUT2D eigenvalue weighted by Gasteiger charge is -2.11. The first-order chi connectivity index (χ1) is 6.69. The number of hydrogen-bond donors (Lipinski definition) is 1. The highest BCUT2D eigenvalue weighted by Gasteiger charge is 2.06. The maximum Gasteiger partial charge on any atom is 0.118 e. The van der Waals surface area contributed by atoms with Crippen LogP contribution in [0, 0.1) is 0 Å². The molecule has 1 atom stereocenters. The van der Waals surface area contributed by atoms with Gasteiger partial charge in [0.25, 0.3) is 0 Å². The summed E-state index contributed by atoms with van der Waals surface area (Å²) in [6.45, 7) is 6.55. The third kappa shape index (κ3) is 2.50. The molecule has 0 aliphatic rings. The van der Waals surface area contributed by atoms with E-state index >= 15 is 0 Å². The molecule has 78 valence electrons. The zero-order valence-electron chi connectivity index (χ0n) is 9.38. The molecule has 0 spiro atoms. The number of aromatic hydroxyl groups is 1. The predicted octanol–water partition coefficient (Wildman–Crippen LogP) is 3.86. The Morgan fingerprint density at radius 1 is 1.29 bits per heavy atom. The van der Waals surface area contributed by atoms with Crippen LogP contribution in [0.25, 0.3) is 0 Å². The molecule has 1 aromatic carbocycles. The van der Waals surface area contributed by atoms with Gasteiger partial charge in [-0.15, -0.1) is 0 Å². The molecule has 0 aromatic heterocycles. The van der Waals surface area contributed by atoms with Crippen LogP contribution in [0.1, 0.15) is 50.7 Å². The SMILES string of the molecule is CCCc1cc(C(C)CC)ccc1O. The summed E-state index contributed by atoms with van der Waals surface area (Å²) in [4.78, 5) is 0. The molecule has 0 heterocycles. The first-order valence-electron chi connectivity index (χ1n) is 5.50. The summed E-state index contributed by atoms with van der Waals surface area (Å²) >= 11 is 0. The van der Waals surface area contributed by atoms with E-state index in [2.05, 4.69) is 26.8 Å². The molecule has 0 bridgehead atoms. The predicted molar refractivity (Wildman–Crippen MR) is 60.8 cm³/mol. The summed E-state index contributed by atoms with van der Waals surface area (Å²) in [6, 6.07) is 6.00. The van der Waals surface area contributed by atoms with E-state index in [0.717, 1.165) is 24.8 Å². The maximum absolute atomic E-state index is 9.62. The Morgan fingerprint density at radius 3 is 2.57 bits per heavy atom. The largest absolute Gasteiger partial charge is 0.508 e. The van der Waals surface area contributed by atoms with Gasteiger partial charge in [-0.1, -0.05) is 39.3 Å². The molecule has 1 rings (SSSR count). The summed E-state index contributed by atoms with van der Waals surface area (Å²) < 4.78 is 0. The molecule has 1 aromatic rings. The molecule has 0 saturated heterocycles. The zero-order valence-corrected chi connectivity index (χ0v) is 9.38. The van der Waals surface area contributed by atoms with Crippen LogP contribution in [-0.4, -0.2) is 5.11 Å². The van der Waals surface area contributed by atoms with Gasteiger partial charge in [0.05, 0.1) is 0 Å². The van der Waals surface area contributed by atoms with Gasteiger partial charge in [0.15, 0.2) is 0 Å². The maximum atomic E-state index is 9.62. The lowest BCUT2D eigenvalue weighted by Crippen LogP contribution is -1.93. The fourth-order valence-corrected chi connectivity index (χ4v) is 1.62. The van der Waals surface area contributed by atoms with E-state index in [-0.39, 0.29) is 0 Å². The molecule has 1 N–H and O–H groups in total. The molecule has 0 fully saturated rings. The van der Waals surface area contributed by atoms with Gasteiger partial charge in [-0.05, 0) is 36.0 Å². The van der Waals surface area contributed by atoms with Crippen molar-refractivity contribution in [2.75, 3.05) is 0 Å². The van der Waals surface area contributed by atoms with Gasteiger partial charge < -0.3 is 5.11 Å². The second kappa shape index (κ2) is 5.04. The molecule has 0 saturated carbocycles. The summed E-state index contributed by atoms with van der Waals surface area (Å²) in [6.07, 6.45) is 3.20. The number of rotatable bonds is 4. The van der Waals surface area contributed by atoms with Crippen molar-refractivity contribution in [1.29, 1.82) is 0 Å². The first kappa shape index (κ1) is 11.1. The van der Waals surface area contributed by atoms with Crippen LogP contribution in [0.2, 0.25) is 0 Å². The van der Waals surface area contributed by atoms with Crippen LogP contribution in [0.4, 0.5) is 0 Å². The summed E-state index contributed by atoms with van der Waals surface area (Å²) in [5, 5.41) is 9.62. The monoisotopic (exact) mass is 192 g/mol. The van der Waals surface area contributed by atoms with E-state index in [9.17, 15) is 5.11 Å². The van der Waals surface area contributed by atoms with Crippen molar-refractivity contribution in [2.45, 2.75) is 46.0 Å². The van der Waals surface area contributed by atoms with Crippen molar-refractivity contribution >= 4 is 0 Å². The van der Waals surface area contributed by atoms with Crippen molar-refractivity contribution in [3.8, 4) is 5.75 Å². The minimum atomic E-state index is 0.443. The van der Waals surface area contributed by atoms with Gasteiger partial charge >= 0.3 is 0 Å². The summed E-state index contributed by atoms with van der Waals surface area (Å²) in [5.74, 6) is 1.03. The molecule has 0 aliphatic carbocycles. The lowest BCUT2D eigenvalue weighted by atomic mass is 9.95. The second-order valence-corrected chi connectivity index (χ2v) is 3.95. The Hall–Kier alpha value is -0.980. The molecular weight excluding hydrogens is 172 g/mol. The molecule has 0 amide bonds. The third-order valence-corrected chi connectivity index (χ3v) is 2.80. The van der Waals surface area contributed by atoms with E-state index in [1.807, 2.05) is 12.1 Å². The Balaban J connectivity index is 2.93. The molecule has 0 aliphatic heterocycles. The van der Waals surface area contributed by atoms with E-state index < -0.39 is 0 Å². The molecule has 1 nitrogen and oxygen atoms in total. The average molecular weight is 192 g/mol. The van der Waals surface area contributed by atoms with Crippen molar-refractivity contribution < 1.29 is 5.11 Å². The van der Waals surface area contributed by atoms with E-state index in [1.165, 1.54) is 5.56 Å². The van der Waals surface area contributed by atoms with Crippen LogP contribution in [0.15, 0.2) is 18.2 Å². The van der Waals surface area contributed by atoms with Crippen LogP contribution < -0.4 is 0 Å². The Labute approximate surface area is 86.8 Å². The normalized spacial score (nSPS) is 12.8. The van der Waals surface area contributed by atoms with Crippen LogP contribution >= 0.6 is 0 Å². The van der Waals surface area contributed by atoms with E-state index in [4.69, 9.17) is 0 Å². The first-order valence-corrected chi connectivity index (χ1v) is 5.50. The van der Waals surface area contributed by atoms with E-state index in [0.29, 0.717) is 11.7 Å². The van der Waals surface area contributed by atoms with Crippen molar-refractivity contribution in [3.63, 3.8) is 0 Å². The molecule has 14 heavy (non-hydrogen) atoms. The highest BCUT2D eigenvalue weighted by atomic mass is 16.3. The fraction of sp³-hybridized carbons (Fsp3) is 0.538. The molecular formula is C13H20O. The van der Waals surface area contributed by atoms with Crippen LogP contribution in [0.3, 0.4) is 0 Å². The summed E-state index contributed by atoms with van der Waals surface area (Å²) in [5.41, 5.74) is 2.43. The second-order valence-electron chi connectivity index (χ2n) is 3.95. The zero-order chi connectivity index (χ0) is 10.6. The number of phenols is 1. The Kier molecular flexibility index (Phi) is 3.99. The Bertz CT molecular complexity index is 291. The van der Waals surface area contributed by atoms with Gasteiger partial charge in [-0.3, -0.25) is 0 Å². The van der Waals surface area contributed by atoms with Gasteiger partial charge in [0, 0.05) is 0 Å². The van der Waals surface area contributed by atoms with Crippen LogP contribution in [-0.2, 0) is 6.42 Å². The molecule has 1 heteroatoms. The van der Waals surface area contributed by atoms with E-state index in [1.54, 1.807) is 0 Å². The molecule has 0 radical (unpaired) electrons. The lowest BCUT2D eigenvalue weighted by molar-refractivity contribution is 0.467. The van der Waals surface area contributed by atoms with Crippen molar-refractivity contribution in [2.24, 2.45) is 0 Å². The van der Waals surface area contributed by atoms with Gasteiger partial charge in [-0.25, -0.2) is 0 Å². The minimum Gasteiger partial charge on any atom is -0.508 e. The Morgan fingerprint density at radius 2 is 2.00 bits per heavy atom. The highest BCUT2D eigenvalue weighted by Crippen LogP contribution is 2.25.